The van der Waals surface area contributed by atoms with Crippen LogP contribution in [0.3, 0.4) is 0 Å². The Hall–Kier alpha value is -1.17. The van der Waals surface area contributed by atoms with Crippen LogP contribution in [-0.4, -0.2) is 18.5 Å². The number of carbonyl (C=O) groups excluding carboxylic acids is 2. The van der Waals surface area contributed by atoms with Gasteiger partial charge in [0.15, 0.2) is 6.61 Å². The number of rotatable bonds is 4. The summed E-state index contributed by atoms with van der Waals surface area (Å²) in [5.74, 6) is -1.48. The molecule has 0 fully saturated rings. The van der Waals surface area contributed by atoms with E-state index in [0.29, 0.717) is 5.69 Å². The standard InChI is InChI=1S/C15H8Cl5NO3/c16-7-4-5-9(18)14(20)12(7)15(23)24-6-11(22)21-10-3-1-2-8(17)13(10)19/h1-5H,6H2,(H,21,22). The van der Waals surface area contributed by atoms with Crippen molar-refractivity contribution in [3.8, 4) is 0 Å². The minimum Gasteiger partial charge on any atom is -0.452 e. The third-order valence-corrected chi connectivity index (χ3v) is 4.75. The van der Waals surface area contributed by atoms with Gasteiger partial charge in [0.05, 0.1) is 36.4 Å². The molecule has 24 heavy (non-hydrogen) atoms. The van der Waals surface area contributed by atoms with Gasteiger partial charge in [-0.1, -0.05) is 64.1 Å². The molecule has 0 aromatic heterocycles. The maximum atomic E-state index is 12.0. The van der Waals surface area contributed by atoms with Crippen LogP contribution in [0.4, 0.5) is 5.69 Å². The Labute approximate surface area is 162 Å². The Morgan fingerprint density at radius 3 is 2.21 bits per heavy atom. The maximum Gasteiger partial charge on any atom is 0.341 e. The maximum absolute atomic E-state index is 12.0. The lowest BCUT2D eigenvalue weighted by atomic mass is 10.2. The number of benzene rings is 2. The Kier molecular flexibility index (Phi) is 6.61. The van der Waals surface area contributed by atoms with Crippen LogP contribution >= 0.6 is 58.0 Å². The van der Waals surface area contributed by atoms with Crippen molar-refractivity contribution in [3.05, 3.63) is 61.0 Å². The van der Waals surface area contributed by atoms with Crippen LogP contribution in [0.15, 0.2) is 30.3 Å². The monoisotopic (exact) mass is 425 g/mol. The molecule has 1 N–H and O–H groups in total. The lowest BCUT2D eigenvalue weighted by Gasteiger charge is -2.10. The van der Waals surface area contributed by atoms with Gasteiger partial charge in [0.25, 0.3) is 5.91 Å². The van der Waals surface area contributed by atoms with Crippen molar-refractivity contribution in [2.45, 2.75) is 0 Å². The summed E-state index contributed by atoms with van der Waals surface area (Å²) < 4.78 is 4.89. The Balaban J connectivity index is 2.03. The summed E-state index contributed by atoms with van der Waals surface area (Å²) in [6.07, 6.45) is 0. The van der Waals surface area contributed by atoms with E-state index >= 15 is 0 Å². The third-order valence-electron chi connectivity index (χ3n) is 2.81. The average Bonchev–Trinajstić information content (AvgIpc) is 2.54. The fourth-order valence-electron chi connectivity index (χ4n) is 1.70. The Bertz CT molecular complexity index is 810. The van der Waals surface area contributed by atoms with E-state index in [-0.39, 0.29) is 30.7 Å². The fourth-order valence-corrected chi connectivity index (χ4v) is 2.73. The Morgan fingerprint density at radius 1 is 0.875 bits per heavy atom. The minimum absolute atomic E-state index is 0.0486. The van der Waals surface area contributed by atoms with Crippen LogP contribution < -0.4 is 5.32 Å². The second-order valence-electron chi connectivity index (χ2n) is 4.44. The number of hydrogen-bond acceptors (Lipinski definition) is 3. The van der Waals surface area contributed by atoms with Crippen molar-refractivity contribution in [1.29, 1.82) is 0 Å². The molecule has 0 bridgehead atoms. The van der Waals surface area contributed by atoms with Crippen molar-refractivity contribution in [2.75, 3.05) is 11.9 Å². The van der Waals surface area contributed by atoms with Crippen LogP contribution in [0, 0.1) is 0 Å². The SMILES string of the molecule is O=C(COC(=O)c1c(Cl)ccc(Cl)c1Cl)Nc1cccc(Cl)c1Cl. The zero-order chi connectivity index (χ0) is 17.9. The van der Waals surface area contributed by atoms with Gasteiger partial charge in [-0.2, -0.15) is 0 Å². The first-order valence-electron chi connectivity index (χ1n) is 6.35. The van der Waals surface area contributed by atoms with E-state index in [2.05, 4.69) is 5.32 Å². The average molecular weight is 427 g/mol. The van der Waals surface area contributed by atoms with Crippen LogP contribution in [0.25, 0.3) is 0 Å². The van der Waals surface area contributed by atoms with E-state index in [4.69, 9.17) is 62.7 Å². The van der Waals surface area contributed by atoms with Gasteiger partial charge in [-0.05, 0) is 24.3 Å². The molecule has 0 saturated heterocycles. The number of amides is 1. The van der Waals surface area contributed by atoms with Gasteiger partial charge in [0.2, 0.25) is 0 Å². The van der Waals surface area contributed by atoms with Crippen LogP contribution in [0.2, 0.25) is 25.1 Å². The summed E-state index contributed by atoms with van der Waals surface area (Å²) >= 11 is 29.5. The zero-order valence-corrected chi connectivity index (χ0v) is 15.5. The van der Waals surface area contributed by atoms with Gasteiger partial charge in [0, 0.05) is 0 Å². The van der Waals surface area contributed by atoms with Gasteiger partial charge >= 0.3 is 5.97 Å². The largest absolute Gasteiger partial charge is 0.452 e. The molecule has 1 amide bonds. The van der Waals surface area contributed by atoms with Crippen molar-refractivity contribution < 1.29 is 14.3 Å². The molecular weight excluding hydrogens is 419 g/mol. The first-order valence-corrected chi connectivity index (χ1v) is 8.24. The summed E-state index contributed by atoms with van der Waals surface area (Å²) in [4.78, 5) is 23.9. The molecule has 0 aliphatic rings. The van der Waals surface area contributed by atoms with Gasteiger partial charge in [0.1, 0.15) is 0 Å². The molecule has 0 aliphatic carbocycles. The van der Waals surface area contributed by atoms with Crippen molar-refractivity contribution in [2.24, 2.45) is 0 Å². The van der Waals surface area contributed by atoms with Crippen LogP contribution in [-0.2, 0) is 9.53 Å². The number of carbonyl (C=O) groups is 2. The topological polar surface area (TPSA) is 55.4 Å². The molecule has 2 aromatic carbocycles. The van der Waals surface area contributed by atoms with Crippen LogP contribution in [0.1, 0.15) is 10.4 Å². The molecule has 0 saturated carbocycles. The van der Waals surface area contributed by atoms with Crippen molar-refractivity contribution in [3.63, 3.8) is 0 Å². The molecule has 0 unspecified atom stereocenters. The normalized spacial score (nSPS) is 10.4. The summed E-state index contributed by atoms with van der Waals surface area (Å²) in [7, 11) is 0. The van der Waals surface area contributed by atoms with Gasteiger partial charge in [-0.15, -0.1) is 0 Å². The van der Waals surface area contributed by atoms with E-state index in [1.165, 1.54) is 12.1 Å². The number of esters is 1. The minimum atomic E-state index is -0.875. The first kappa shape index (κ1) is 19.2. The van der Waals surface area contributed by atoms with Gasteiger partial charge in [-0.25, -0.2) is 4.79 Å². The molecule has 126 valence electrons. The van der Waals surface area contributed by atoms with Gasteiger partial charge in [-0.3, -0.25) is 4.79 Å². The van der Waals surface area contributed by atoms with E-state index in [1.54, 1.807) is 18.2 Å². The summed E-state index contributed by atoms with van der Waals surface area (Å²) in [5.41, 5.74) is 0.184. The predicted molar refractivity (Wildman–Crippen MR) is 96.8 cm³/mol. The molecule has 0 spiro atoms. The van der Waals surface area contributed by atoms with E-state index in [1.807, 2.05) is 0 Å². The molecule has 2 aromatic rings. The lowest BCUT2D eigenvalue weighted by molar-refractivity contribution is -0.119. The highest BCUT2D eigenvalue weighted by Gasteiger charge is 2.20. The molecule has 9 heteroatoms. The molecule has 0 heterocycles. The second kappa shape index (κ2) is 8.28. The fraction of sp³-hybridized carbons (Fsp3) is 0.0667. The highest BCUT2D eigenvalue weighted by atomic mass is 35.5. The summed E-state index contributed by atoms with van der Waals surface area (Å²) in [6, 6.07) is 7.58. The van der Waals surface area contributed by atoms with E-state index in [0.717, 1.165) is 0 Å². The van der Waals surface area contributed by atoms with Crippen LogP contribution in [0.5, 0.6) is 0 Å². The van der Waals surface area contributed by atoms with Crippen molar-refractivity contribution in [1.82, 2.24) is 0 Å². The lowest BCUT2D eigenvalue weighted by Crippen LogP contribution is -2.21. The highest BCUT2D eigenvalue weighted by molar-refractivity contribution is 6.46. The number of nitrogens with one attached hydrogen (secondary N) is 1. The van der Waals surface area contributed by atoms with Gasteiger partial charge < -0.3 is 10.1 Å². The van der Waals surface area contributed by atoms with Crippen molar-refractivity contribution >= 4 is 75.6 Å². The molecule has 0 atom stereocenters. The first-order chi connectivity index (χ1) is 11.3. The number of hydrogen-bond donors (Lipinski definition) is 1. The number of ether oxygens (including phenoxy) is 1. The number of halogens is 5. The zero-order valence-electron chi connectivity index (χ0n) is 11.7. The number of anilines is 1. The summed E-state index contributed by atoms with van der Waals surface area (Å²) in [5, 5.41) is 3.09. The van der Waals surface area contributed by atoms with E-state index < -0.39 is 18.5 Å². The molecular formula is C15H8Cl5NO3. The Morgan fingerprint density at radius 2 is 1.50 bits per heavy atom. The quantitative estimate of drug-likeness (QED) is 0.499. The molecule has 2 rings (SSSR count). The molecule has 0 aliphatic heterocycles. The second-order valence-corrected chi connectivity index (χ2v) is 6.42. The van der Waals surface area contributed by atoms with E-state index in [9.17, 15) is 9.59 Å². The third kappa shape index (κ3) is 4.47. The smallest absolute Gasteiger partial charge is 0.341 e. The molecule has 0 radical (unpaired) electrons. The molecule has 4 nitrogen and oxygen atoms in total. The predicted octanol–water partition coefficient (Wildman–Crippen LogP) is 5.75. The highest BCUT2D eigenvalue weighted by Crippen LogP contribution is 2.32. The summed E-state index contributed by atoms with van der Waals surface area (Å²) in [6.45, 7) is -0.569.